The largest absolute Gasteiger partial charge is 0.0843 e. The van der Waals surface area contributed by atoms with Gasteiger partial charge in [-0.25, -0.2) is 0 Å². The van der Waals surface area contributed by atoms with E-state index in [1.165, 1.54) is 0 Å². The van der Waals surface area contributed by atoms with Crippen molar-refractivity contribution in [2.45, 2.75) is 11.2 Å². The standard InChI is InChI=1S/C14H9Br2Cl3/c15-10-5-9(6-11(17)7-10)12(16)3-8-1-2-13(18)14(19)4-8/h1-2,4-7,12H,3H2. The van der Waals surface area contributed by atoms with Gasteiger partial charge in [0.15, 0.2) is 0 Å². The van der Waals surface area contributed by atoms with Crippen LogP contribution in [0.3, 0.4) is 0 Å². The summed E-state index contributed by atoms with van der Waals surface area (Å²) in [5, 5.41) is 1.86. The van der Waals surface area contributed by atoms with Crippen LogP contribution in [0.5, 0.6) is 0 Å². The van der Waals surface area contributed by atoms with Crippen molar-refractivity contribution < 1.29 is 0 Å². The highest BCUT2D eigenvalue weighted by Crippen LogP contribution is 2.32. The van der Waals surface area contributed by atoms with Crippen molar-refractivity contribution in [2.24, 2.45) is 0 Å². The van der Waals surface area contributed by atoms with Crippen LogP contribution in [0.2, 0.25) is 15.1 Å². The second kappa shape index (κ2) is 6.82. The minimum Gasteiger partial charge on any atom is -0.0843 e. The second-order valence-electron chi connectivity index (χ2n) is 4.12. The average Bonchev–Trinajstić information content (AvgIpc) is 2.32. The summed E-state index contributed by atoms with van der Waals surface area (Å²) >= 11 is 25.1. The fourth-order valence-corrected chi connectivity index (χ4v) is 3.59. The third-order valence-corrected chi connectivity index (χ3v) is 4.91. The van der Waals surface area contributed by atoms with E-state index < -0.39 is 0 Å². The Morgan fingerprint density at radius 3 is 2.32 bits per heavy atom. The lowest BCUT2D eigenvalue weighted by Gasteiger charge is -2.12. The lowest BCUT2D eigenvalue weighted by molar-refractivity contribution is 0.948. The van der Waals surface area contributed by atoms with Crippen molar-refractivity contribution >= 4 is 66.7 Å². The summed E-state index contributed by atoms with van der Waals surface area (Å²) in [5.74, 6) is 0. The zero-order valence-electron chi connectivity index (χ0n) is 9.64. The molecule has 5 heteroatoms. The number of alkyl halides is 1. The van der Waals surface area contributed by atoms with Crippen LogP contribution in [0, 0.1) is 0 Å². The molecule has 0 heterocycles. The summed E-state index contributed by atoms with van der Waals surface area (Å²) in [5.41, 5.74) is 2.23. The van der Waals surface area contributed by atoms with Crippen LogP contribution >= 0.6 is 66.7 Å². The van der Waals surface area contributed by atoms with Crippen molar-refractivity contribution in [2.75, 3.05) is 0 Å². The van der Waals surface area contributed by atoms with E-state index in [2.05, 4.69) is 31.9 Å². The van der Waals surface area contributed by atoms with E-state index in [1.54, 1.807) is 0 Å². The first-order valence-electron chi connectivity index (χ1n) is 5.49. The summed E-state index contributed by atoms with van der Waals surface area (Å²) in [6.45, 7) is 0. The maximum atomic E-state index is 6.05. The molecule has 2 aromatic rings. The molecule has 0 aliphatic heterocycles. The van der Waals surface area contributed by atoms with Crippen molar-refractivity contribution in [1.29, 1.82) is 0 Å². The third kappa shape index (κ3) is 4.37. The first kappa shape index (κ1) is 15.7. The van der Waals surface area contributed by atoms with Crippen LogP contribution in [0.4, 0.5) is 0 Å². The van der Waals surface area contributed by atoms with Gasteiger partial charge in [0.2, 0.25) is 0 Å². The lowest BCUT2D eigenvalue weighted by atomic mass is 10.0. The second-order valence-corrected chi connectivity index (χ2v) is 7.39. The molecule has 2 aromatic carbocycles. The first-order chi connectivity index (χ1) is 8.95. The van der Waals surface area contributed by atoms with Gasteiger partial charge in [0.1, 0.15) is 0 Å². The van der Waals surface area contributed by atoms with Gasteiger partial charge >= 0.3 is 0 Å². The number of rotatable bonds is 3. The molecule has 0 aliphatic carbocycles. The summed E-state index contributed by atoms with van der Waals surface area (Å²) in [6, 6.07) is 11.5. The number of halogens is 5. The molecule has 0 bridgehead atoms. The molecule has 0 saturated heterocycles. The van der Waals surface area contributed by atoms with Crippen LogP contribution < -0.4 is 0 Å². The van der Waals surface area contributed by atoms with Gasteiger partial charge in [0.05, 0.1) is 10.0 Å². The quantitative estimate of drug-likeness (QED) is 0.445. The summed E-state index contributed by atoms with van der Waals surface area (Å²) < 4.78 is 0.966. The molecule has 2 rings (SSSR count). The molecule has 0 radical (unpaired) electrons. The van der Waals surface area contributed by atoms with Gasteiger partial charge < -0.3 is 0 Å². The van der Waals surface area contributed by atoms with E-state index in [4.69, 9.17) is 34.8 Å². The number of hydrogen-bond donors (Lipinski definition) is 0. The van der Waals surface area contributed by atoms with E-state index in [1.807, 2.05) is 36.4 Å². The molecular formula is C14H9Br2Cl3. The molecule has 0 spiro atoms. The van der Waals surface area contributed by atoms with Crippen LogP contribution in [-0.2, 0) is 6.42 Å². The Balaban J connectivity index is 2.20. The molecule has 0 saturated carbocycles. The van der Waals surface area contributed by atoms with Gasteiger partial charge in [0.25, 0.3) is 0 Å². The molecule has 0 nitrogen and oxygen atoms in total. The average molecular weight is 443 g/mol. The van der Waals surface area contributed by atoms with E-state index in [9.17, 15) is 0 Å². The first-order valence-corrected chi connectivity index (χ1v) is 8.34. The molecule has 1 atom stereocenters. The topological polar surface area (TPSA) is 0 Å². The maximum absolute atomic E-state index is 6.05. The number of benzene rings is 2. The Labute approximate surface area is 144 Å². The maximum Gasteiger partial charge on any atom is 0.0595 e. The molecule has 0 aromatic heterocycles. The molecule has 0 amide bonds. The van der Waals surface area contributed by atoms with Gasteiger partial charge in [-0.15, -0.1) is 0 Å². The molecule has 100 valence electrons. The lowest BCUT2D eigenvalue weighted by Crippen LogP contribution is -1.96. The summed E-state index contributed by atoms with van der Waals surface area (Å²) in [6.07, 6.45) is 0.809. The molecule has 1 unspecified atom stereocenters. The van der Waals surface area contributed by atoms with Crippen LogP contribution in [0.1, 0.15) is 16.0 Å². The zero-order valence-corrected chi connectivity index (χ0v) is 15.1. The minimum absolute atomic E-state index is 0.166. The molecule has 0 fully saturated rings. The third-order valence-electron chi connectivity index (χ3n) is 2.65. The molecular weight excluding hydrogens is 434 g/mol. The van der Waals surface area contributed by atoms with Gasteiger partial charge in [0, 0.05) is 14.3 Å². The Morgan fingerprint density at radius 1 is 0.947 bits per heavy atom. The van der Waals surface area contributed by atoms with E-state index >= 15 is 0 Å². The fourth-order valence-electron chi connectivity index (χ4n) is 1.75. The molecule has 0 aliphatic rings. The van der Waals surface area contributed by atoms with Gasteiger partial charge in [-0.05, 0) is 47.9 Å². The normalized spacial score (nSPS) is 12.5. The Kier molecular flexibility index (Phi) is 5.62. The van der Waals surface area contributed by atoms with Crippen molar-refractivity contribution in [1.82, 2.24) is 0 Å². The van der Waals surface area contributed by atoms with Gasteiger partial charge in [-0.3, -0.25) is 0 Å². The predicted molar refractivity (Wildman–Crippen MR) is 91.0 cm³/mol. The fraction of sp³-hybridized carbons (Fsp3) is 0.143. The SMILES string of the molecule is Clc1cc(Br)cc(C(Br)Cc2ccc(Cl)c(Cl)c2)c1. The highest BCUT2D eigenvalue weighted by molar-refractivity contribution is 9.10. The highest BCUT2D eigenvalue weighted by Gasteiger charge is 2.11. The molecule has 0 N–H and O–H groups in total. The van der Waals surface area contributed by atoms with Crippen molar-refractivity contribution in [3.05, 3.63) is 67.1 Å². The predicted octanol–water partition coefficient (Wildman–Crippen LogP) is 7.09. The Hall–Kier alpha value is 0.270. The van der Waals surface area contributed by atoms with Crippen molar-refractivity contribution in [3.63, 3.8) is 0 Å². The smallest absolute Gasteiger partial charge is 0.0595 e. The summed E-state index contributed by atoms with van der Waals surface area (Å²) in [4.78, 5) is 0.166. The summed E-state index contributed by atoms with van der Waals surface area (Å²) in [7, 11) is 0. The Morgan fingerprint density at radius 2 is 1.68 bits per heavy atom. The van der Waals surface area contributed by atoms with E-state index in [0.717, 1.165) is 22.0 Å². The monoisotopic (exact) mass is 440 g/mol. The zero-order chi connectivity index (χ0) is 14.0. The minimum atomic E-state index is 0.166. The van der Waals surface area contributed by atoms with Crippen LogP contribution in [0.25, 0.3) is 0 Å². The number of hydrogen-bond acceptors (Lipinski definition) is 0. The van der Waals surface area contributed by atoms with Gasteiger partial charge in [-0.1, -0.05) is 72.7 Å². The van der Waals surface area contributed by atoms with E-state index in [0.29, 0.717) is 15.1 Å². The van der Waals surface area contributed by atoms with E-state index in [-0.39, 0.29) is 4.83 Å². The van der Waals surface area contributed by atoms with Crippen molar-refractivity contribution in [3.8, 4) is 0 Å². The van der Waals surface area contributed by atoms with Crippen LogP contribution in [-0.4, -0.2) is 0 Å². The van der Waals surface area contributed by atoms with Crippen LogP contribution in [0.15, 0.2) is 40.9 Å². The highest BCUT2D eigenvalue weighted by atomic mass is 79.9. The van der Waals surface area contributed by atoms with Gasteiger partial charge in [-0.2, -0.15) is 0 Å². The molecule has 19 heavy (non-hydrogen) atoms. The Bertz CT molecular complexity index is 579.